The zero-order valence-electron chi connectivity index (χ0n) is 10.3. The van der Waals surface area contributed by atoms with E-state index >= 15 is 0 Å². The first-order valence-corrected chi connectivity index (χ1v) is 5.16. The van der Waals surface area contributed by atoms with Crippen LogP contribution in [0.1, 0.15) is 6.92 Å². The highest BCUT2D eigenvalue weighted by Crippen LogP contribution is 2.29. The monoisotopic (exact) mass is 254 g/mol. The van der Waals surface area contributed by atoms with Crippen molar-refractivity contribution in [1.82, 2.24) is 0 Å². The Morgan fingerprint density at radius 3 is 2.61 bits per heavy atom. The number of methoxy groups -OCH3 is 2. The maximum Gasteiger partial charge on any atom is 0.327 e. The number of nitrogens with one attached hydrogen (secondary N) is 1. The molecule has 0 aliphatic carbocycles. The quantitative estimate of drug-likeness (QED) is 0.487. The number of benzene rings is 1. The van der Waals surface area contributed by atoms with Gasteiger partial charge in [0.1, 0.15) is 17.5 Å². The van der Waals surface area contributed by atoms with E-state index in [9.17, 15) is 14.9 Å². The standard InChI is InChI=1S/C11H14N2O5/c1-7(11(14)18-3)12-9-5-4-8(17-2)6-10(9)13(15)16/h4-7,12H,1-3H3/t7-/m1/s1. The molecule has 1 rings (SSSR count). The topological polar surface area (TPSA) is 90.7 Å². The SMILES string of the molecule is COC(=O)[C@@H](C)Nc1ccc(OC)cc1[N+](=O)[O-]. The summed E-state index contributed by atoms with van der Waals surface area (Å²) in [5, 5.41) is 13.6. The third-order valence-corrected chi connectivity index (χ3v) is 2.33. The first-order valence-electron chi connectivity index (χ1n) is 5.16. The first kappa shape index (κ1) is 13.8. The lowest BCUT2D eigenvalue weighted by molar-refractivity contribution is -0.384. The van der Waals surface area contributed by atoms with E-state index in [4.69, 9.17) is 4.74 Å². The Hall–Kier alpha value is -2.31. The van der Waals surface area contributed by atoms with Gasteiger partial charge in [-0.15, -0.1) is 0 Å². The summed E-state index contributed by atoms with van der Waals surface area (Å²) in [4.78, 5) is 21.6. The average molecular weight is 254 g/mol. The van der Waals surface area contributed by atoms with E-state index in [1.807, 2.05) is 0 Å². The normalized spacial score (nSPS) is 11.5. The lowest BCUT2D eigenvalue weighted by Gasteiger charge is -2.13. The zero-order valence-corrected chi connectivity index (χ0v) is 10.3. The lowest BCUT2D eigenvalue weighted by atomic mass is 10.2. The van der Waals surface area contributed by atoms with Gasteiger partial charge in [-0.05, 0) is 19.1 Å². The van der Waals surface area contributed by atoms with Crippen LogP contribution in [0.15, 0.2) is 18.2 Å². The summed E-state index contributed by atoms with van der Waals surface area (Å²) in [7, 11) is 2.67. The van der Waals surface area contributed by atoms with E-state index in [2.05, 4.69) is 10.1 Å². The number of anilines is 1. The molecule has 7 heteroatoms. The maximum absolute atomic E-state index is 11.2. The third-order valence-electron chi connectivity index (χ3n) is 2.33. The van der Waals surface area contributed by atoms with Crippen molar-refractivity contribution in [2.75, 3.05) is 19.5 Å². The number of rotatable bonds is 5. The molecule has 0 aliphatic heterocycles. The van der Waals surface area contributed by atoms with E-state index in [-0.39, 0.29) is 11.4 Å². The molecule has 0 spiro atoms. The molecular formula is C11H14N2O5. The van der Waals surface area contributed by atoms with Gasteiger partial charge in [-0.25, -0.2) is 4.79 Å². The molecule has 1 N–H and O–H groups in total. The van der Waals surface area contributed by atoms with Gasteiger partial charge in [0.15, 0.2) is 0 Å². The number of carbonyl (C=O) groups is 1. The number of nitrogens with zero attached hydrogens (tertiary/aromatic N) is 1. The molecule has 0 saturated carbocycles. The molecule has 1 atom stereocenters. The van der Waals surface area contributed by atoms with Crippen molar-refractivity contribution in [3.8, 4) is 5.75 Å². The summed E-state index contributed by atoms with van der Waals surface area (Å²) >= 11 is 0. The fourth-order valence-corrected chi connectivity index (χ4v) is 1.38. The van der Waals surface area contributed by atoms with Crippen LogP contribution in [0.3, 0.4) is 0 Å². The van der Waals surface area contributed by atoms with Crippen molar-refractivity contribution in [3.63, 3.8) is 0 Å². The van der Waals surface area contributed by atoms with Gasteiger partial charge in [0.2, 0.25) is 0 Å². The third kappa shape index (κ3) is 3.09. The van der Waals surface area contributed by atoms with Crippen LogP contribution in [0.25, 0.3) is 0 Å². The molecule has 0 bridgehead atoms. The van der Waals surface area contributed by atoms with Gasteiger partial charge in [0.25, 0.3) is 5.69 Å². The Morgan fingerprint density at radius 2 is 2.11 bits per heavy atom. The van der Waals surface area contributed by atoms with Crippen molar-refractivity contribution in [1.29, 1.82) is 0 Å². The molecule has 0 amide bonds. The van der Waals surface area contributed by atoms with Crippen LogP contribution >= 0.6 is 0 Å². The molecule has 1 aromatic carbocycles. The minimum atomic E-state index is -0.679. The predicted molar refractivity (Wildman–Crippen MR) is 64.7 cm³/mol. The van der Waals surface area contributed by atoms with E-state index < -0.39 is 16.9 Å². The second kappa shape index (κ2) is 5.85. The zero-order chi connectivity index (χ0) is 13.7. The summed E-state index contributed by atoms with van der Waals surface area (Å²) < 4.78 is 9.44. The molecule has 0 aromatic heterocycles. The number of hydrogen-bond acceptors (Lipinski definition) is 6. The molecule has 7 nitrogen and oxygen atoms in total. The van der Waals surface area contributed by atoms with Crippen LogP contribution in [0.4, 0.5) is 11.4 Å². The van der Waals surface area contributed by atoms with E-state index in [0.29, 0.717) is 5.75 Å². The van der Waals surface area contributed by atoms with Gasteiger partial charge in [-0.1, -0.05) is 0 Å². The number of hydrogen-bond donors (Lipinski definition) is 1. The van der Waals surface area contributed by atoms with Crippen molar-refractivity contribution >= 4 is 17.3 Å². The smallest absolute Gasteiger partial charge is 0.327 e. The average Bonchev–Trinajstić information content (AvgIpc) is 2.37. The fourth-order valence-electron chi connectivity index (χ4n) is 1.38. The number of nitro benzene ring substituents is 1. The van der Waals surface area contributed by atoms with Crippen LogP contribution in [0.2, 0.25) is 0 Å². The molecule has 0 aliphatic rings. The highest BCUT2D eigenvalue weighted by molar-refractivity contribution is 5.80. The lowest BCUT2D eigenvalue weighted by Crippen LogP contribution is -2.27. The molecular weight excluding hydrogens is 240 g/mol. The molecule has 98 valence electrons. The summed E-state index contributed by atoms with van der Waals surface area (Å²) in [5.41, 5.74) is 0.0730. The molecule has 18 heavy (non-hydrogen) atoms. The maximum atomic E-state index is 11.2. The van der Waals surface area contributed by atoms with Gasteiger partial charge in [0, 0.05) is 0 Å². The van der Waals surface area contributed by atoms with E-state index in [1.54, 1.807) is 13.0 Å². The van der Waals surface area contributed by atoms with E-state index in [1.165, 1.54) is 26.4 Å². The van der Waals surface area contributed by atoms with Crippen molar-refractivity contribution in [3.05, 3.63) is 28.3 Å². The predicted octanol–water partition coefficient (Wildman–Crippen LogP) is 1.58. The number of nitro groups is 1. The summed E-state index contributed by atoms with van der Waals surface area (Å²) in [6.45, 7) is 1.56. The first-order chi connectivity index (χ1) is 8.49. The van der Waals surface area contributed by atoms with Crippen molar-refractivity contribution in [2.45, 2.75) is 13.0 Å². The second-order valence-electron chi connectivity index (χ2n) is 3.53. The van der Waals surface area contributed by atoms with Crippen molar-refractivity contribution in [2.24, 2.45) is 0 Å². The van der Waals surface area contributed by atoms with Crippen LogP contribution in [0.5, 0.6) is 5.75 Å². The summed E-state index contributed by atoms with van der Waals surface area (Å²) in [5.74, 6) is -0.127. The van der Waals surface area contributed by atoms with Crippen LogP contribution < -0.4 is 10.1 Å². The molecule has 0 fully saturated rings. The fraction of sp³-hybridized carbons (Fsp3) is 0.364. The molecule has 0 unspecified atom stereocenters. The Balaban J connectivity index is 3.01. The molecule has 1 aromatic rings. The number of esters is 1. The van der Waals surface area contributed by atoms with E-state index in [0.717, 1.165) is 0 Å². The highest BCUT2D eigenvalue weighted by atomic mass is 16.6. The van der Waals surface area contributed by atoms with Crippen LogP contribution in [-0.4, -0.2) is 31.2 Å². The molecule has 0 radical (unpaired) electrons. The molecule has 0 saturated heterocycles. The Bertz CT molecular complexity index is 461. The van der Waals surface area contributed by atoms with Gasteiger partial charge in [-0.3, -0.25) is 10.1 Å². The van der Waals surface area contributed by atoms with Gasteiger partial charge >= 0.3 is 5.97 Å². The van der Waals surface area contributed by atoms with Crippen molar-refractivity contribution < 1.29 is 19.2 Å². The minimum Gasteiger partial charge on any atom is -0.496 e. The minimum absolute atomic E-state index is 0.162. The Labute approximate surface area is 104 Å². The largest absolute Gasteiger partial charge is 0.496 e. The molecule has 0 heterocycles. The Morgan fingerprint density at radius 1 is 1.44 bits per heavy atom. The van der Waals surface area contributed by atoms with Gasteiger partial charge in [0.05, 0.1) is 25.2 Å². The van der Waals surface area contributed by atoms with Crippen LogP contribution in [-0.2, 0) is 9.53 Å². The number of carbonyl (C=O) groups excluding carboxylic acids is 1. The van der Waals surface area contributed by atoms with Crippen LogP contribution in [0, 0.1) is 10.1 Å². The summed E-state index contributed by atoms with van der Waals surface area (Å²) in [6, 6.07) is 3.66. The second-order valence-corrected chi connectivity index (χ2v) is 3.53. The number of ether oxygens (including phenoxy) is 2. The van der Waals surface area contributed by atoms with Gasteiger partial charge in [-0.2, -0.15) is 0 Å². The highest BCUT2D eigenvalue weighted by Gasteiger charge is 2.20. The Kier molecular flexibility index (Phi) is 4.47. The summed E-state index contributed by atoms with van der Waals surface area (Å²) in [6.07, 6.45) is 0. The van der Waals surface area contributed by atoms with Gasteiger partial charge < -0.3 is 14.8 Å².